The molecule has 1 aliphatic rings. The molecular weight excluding hydrogens is 434 g/mol. The molecule has 1 nitrogen and oxygen atoms in total. The molecule has 124 valence electrons. The largest absolute Gasteiger partial charge is 0.460 e. The van der Waals surface area contributed by atoms with Crippen molar-refractivity contribution in [3.05, 3.63) is 11.6 Å². The maximum absolute atomic E-state index is 13.3. The highest BCUT2D eigenvalue weighted by Crippen LogP contribution is 2.53. The van der Waals surface area contributed by atoms with Crippen molar-refractivity contribution in [2.24, 2.45) is 5.92 Å². The lowest BCUT2D eigenvalue weighted by Gasteiger charge is -2.32. The Bertz CT molecular complexity index is 415. The zero-order chi connectivity index (χ0) is 16.7. The zero-order valence-corrected chi connectivity index (χ0v) is 12.1. The second-order valence-corrected chi connectivity index (χ2v) is 5.24. The monoisotopic (exact) mass is 442 g/mol. The van der Waals surface area contributed by atoms with E-state index in [2.05, 4.69) is 0 Å². The van der Waals surface area contributed by atoms with E-state index < -0.39 is 48.1 Å². The van der Waals surface area contributed by atoms with Crippen molar-refractivity contribution in [2.45, 2.75) is 23.9 Å². The average Bonchev–Trinajstić information content (AvgIpc) is 2.73. The molecule has 0 N–H and O–H groups in total. The molecule has 0 bridgehead atoms. The van der Waals surface area contributed by atoms with E-state index in [0.29, 0.717) is 0 Å². The molecule has 0 aromatic carbocycles. The third kappa shape index (κ3) is 3.27. The highest BCUT2D eigenvalue weighted by Gasteiger charge is 2.81. The van der Waals surface area contributed by atoms with Gasteiger partial charge in [0.05, 0.1) is 13.2 Å². The maximum Gasteiger partial charge on any atom is 0.460 e. The van der Waals surface area contributed by atoms with Gasteiger partial charge in [0.1, 0.15) is 0 Å². The van der Waals surface area contributed by atoms with Crippen LogP contribution < -0.4 is 0 Å². The molecule has 1 unspecified atom stereocenters. The fourth-order valence-corrected chi connectivity index (χ4v) is 2.38. The first-order valence-electron chi connectivity index (χ1n) is 5.33. The molecule has 21 heavy (non-hydrogen) atoms. The van der Waals surface area contributed by atoms with Crippen LogP contribution in [0.1, 0.15) is 0 Å². The van der Waals surface area contributed by atoms with Crippen molar-refractivity contribution in [1.82, 2.24) is 0 Å². The minimum atomic E-state index is -6.86. The van der Waals surface area contributed by atoms with E-state index in [1.165, 1.54) is 0 Å². The lowest BCUT2D eigenvalue weighted by molar-refractivity contribution is -0.388. The molecule has 0 aliphatic carbocycles. The van der Waals surface area contributed by atoms with Crippen molar-refractivity contribution < 1.29 is 44.3 Å². The molecule has 1 saturated heterocycles. The molecule has 1 heterocycles. The van der Waals surface area contributed by atoms with Crippen LogP contribution in [0.3, 0.4) is 0 Å². The van der Waals surface area contributed by atoms with Gasteiger partial charge in [-0.05, 0) is 11.6 Å². The summed E-state index contributed by atoms with van der Waals surface area (Å²) in [6.07, 6.45) is -7.34. The second-order valence-electron chi connectivity index (χ2n) is 4.36. The molecule has 0 radical (unpaired) electrons. The van der Waals surface area contributed by atoms with Crippen LogP contribution in [-0.4, -0.2) is 41.6 Å². The Kier molecular flexibility index (Phi) is 5.19. The third-order valence-electron chi connectivity index (χ3n) is 2.83. The SMILES string of the molecule is FC(F)(F)C(F)(F)C(F)(F)C(F)(F)/C=C1/COCC1CI. The minimum absolute atomic E-state index is 0.0912. The summed E-state index contributed by atoms with van der Waals surface area (Å²) in [7, 11) is 0. The number of halogens is 10. The molecule has 1 fully saturated rings. The second kappa shape index (κ2) is 5.78. The molecule has 0 amide bonds. The normalized spacial score (nSPS) is 23.9. The summed E-state index contributed by atoms with van der Waals surface area (Å²) in [4.78, 5) is 0. The number of allylic oxidation sites excluding steroid dienone is 1. The molecule has 11 heteroatoms. The first-order chi connectivity index (χ1) is 9.28. The predicted octanol–water partition coefficient (Wildman–Crippen LogP) is 4.46. The highest BCUT2D eigenvalue weighted by atomic mass is 127. The Morgan fingerprint density at radius 2 is 1.52 bits per heavy atom. The molecule has 0 spiro atoms. The zero-order valence-electron chi connectivity index (χ0n) is 9.96. The van der Waals surface area contributed by atoms with Crippen molar-refractivity contribution in [3.63, 3.8) is 0 Å². The minimum Gasteiger partial charge on any atom is -0.376 e. The summed E-state index contributed by atoms with van der Waals surface area (Å²) in [5.74, 6) is -19.9. The molecule has 1 rings (SSSR count). The van der Waals surface area contributed by atoms with Crippen LogP contribution in [0, 0.1) is 5.92 Å². The van der Waals surface area contributed by atoms with E-state index in [1.54, 1.807) is 22.6 Å². The molecule has 1 aliphatic heterocycles. The van der Waals surface area contributed by atoms with E-state index in [0.717, 1.165) is 0 Å². The van der Waals surface area contributed by atoms with Crippen molar-refractivity contribution >= 4 is 22.6 Å². The molecule has 0 saturated carbocycles. The molecule has 1 atom stereocenters. The summed E-state index contributed by atoms with van der Waals surface area (Å²) in [5, 5.41) is 0. The number of rotatable bonds is 4. The van der Waals surface area contributed by atoms with Gasteiger partial charge in [-0.2, -0.15) is 39.5 Å². The number of hydrogen-bond acceptors (Lipinski definition) is 1. The van der Waals surface area contributed by atoms with Crippen LogP contribution in [0.25, 0.3) is 0 Å². The summed E-state index contributed by atoms with van der Waals surface area (Å²) in [6, 6.07) is 0. The van der Waals surface area contributed by atoms with E-state index >= 15 is 0 Å². The van der Waals surface area contributed by atoms with E-state index in [1.807, 2.05) is 0 Å². The highest BCUT2D eigenvalue weighted by molar-refractivity contribution is 14.1. The fourth-order valence-electron chi connectivity index (χ4n) is 1.56. The first kappa shape index (κ1) is 18.8. The number of alkyl halides is 10. The summed E-state index contributed by atoms with van der Waals surface area (Å²) in [6.45, 7) is -0.608. The van der Waals surface area contributed by atoms with Crippen LogP contribution in [-0.2, 0) is 4.74 Å². The topological polar surface area (TPSA) is 9.23 Å². The lowest BCUT2D eigenvalue weighted by Crippen LogP contribution is -2.60. The van der Waals surface area contributed by atoms with Crippen LogP contribution in [0.5, 0.6) is 0 Å². The van der Waals surface area contributed by atoms with Gasteiger partial charge >= 0.3 is 23.9 Å². The van der Waals surface area contributed by atoms with Gasteiger partial charge in [-0.15, -0.1) is 0 Å². The Hall–Kier alpha value is -0.200. The fraction of sp³-hybridized carbons (Fsp3) is 0.800. The predicted molar refractivity (Wildman–Crippen MR) is 62.2 cm³/mol. The number of ether oxygens (including phenoxy) is 1. The van der Waals surface area contributed by atoms with Crippen molar-refractivity contribution in [2.75, 3.05) is 17.6 Å². The van der Waals surface area contributed by atoms with Crippen LogP contribution >= 0.6 is 22.6 Å². The molecular formula is C10H8F9IO. The van der Waals surface area contributed by atoms with Crippen LogP contribution in [0.2, 0.25) is 0 Å². The van der Waals surface area contributed by atoms with Gasteiger partial charge in [0.25, 0.3) is 0 Å². The third-order valence-corrected chi connectivity index (χ3v) is 3.90. The maximum atomic E-state index is 13.3. The van der Waals surface area contributed by atoms with Gasteiger partial charge in [-0.1, -0.05) is 22.6 Å². The van der Waals surface area contributed by atoms with Crippen LogP contribution in [0.15, 0.2) is 11.6 Å². The van der Waals surface area contributed by atoms with Crippen molar-refractivity contribution in [1.29, 1.82) is 0 Å². The first-order valence-corrected chi connectivity index (χ1v) is 6.86. The standard InChI is InChI=1S/C10H8F9IO/c11-7(12,1-5-3-21-4-6(5)2-20)8(13,14)9(15,16)10(17,18)19/h1,6H,2-4H2/b5-1-. The summed E-state index contributed by atoms with van der Waals surface area (Å²) < 4.78 is 119. The smallest absolute Gasteiger partial charge is 0.376 e. The van der Waals surface area contributed by atoms with Gasteiger partial charge in [-0.3, -0.25) is 0 Å². The van der Waals surface area contributed by atoms with E-state index in [4.69, 9.17) is 4.74 Å². The Balaban J connectivity index is 3.19. The van der Waals surface area contributed by atoms with Crippen LogP contribution in [0.4, 0.5) is 39.5 Å². The van der Waals surface area contributed by atoms with E-state index in [9.17, 15) is 39.5 Å². The summed E-state index contributed by atoms with van der Waals surface area (Å²) in [5.41, 5.74) is -0.424. The summed E-state index contributed by atoms with van der Waals surface area (Å²) >= 11 is 1.72. The Morgan fingerprint density at radius 3 is 1.95 bits per heavy atom. The lowest BCUT2D eigenvalue weighted by atomic mass is 9.97. The Labute approximate surface area is 126 Å². The van der Waals surface area contributed by atoms with Gasteiger partial charge < -0.3 is 4.74 Å². The van der Waals surface area contributed by atoms with Crippen molar-refractivity contribution in [3.8, 4) is 0 Å². The molecule has 0 aromatic heterocycles. The van der Waals surface area contributed by atoms with E-state index in [-0.39, 0.29) is 11.0 Å². The number of hydrogen-bond donors (Lipinski definition) is 0. The average molecular weight is 442 g/mol. The van der Waals surface area contributed by atoms with Gasteiger partial charge in [-0.25, -0.2) is 0 Å². The van der Waals surface area contributed by atoms with Gasteiger partial charge in [0, 0.05) is 10.3 Å². The van der Waals surface area contributed by atoms with Gasteiger partial charge in [0.15, 0.2) is 0 Å². The van der Waals surface area contributed by atoms with Gasteiger partial charge in [0.2, 0.25) is 0 Å². The quantitative estimate of drug-likeness (QED) is 0.271. The Morgan fingerprint density at radius 1 is 1.00 bits per heavy atom. The molecule has 0 aromatic rings.